The molecule has 4 heteroatoms. The number of nitrogens with zero attached hydrogens (tertiary/aromatic N) is 1. The van der Waals surface area contributed by atoms with Crippen LogP contribution in [0.1, 0.15) is 18.5 Å². The van der Waals surface area contributed by atoms with Gasteiger partial charge in [-0.3, -0.25) is 4.98 Å². The van der Waals surface area contributed by atoms with Gasteiger partial charge in [0.15, 0.2) is 0 Å². The number of pyridine rings is 1. The Bertz CT molecular complexity index is 783. The summed E-state index contributed by atoms with van der Waals surface area (Å²) >= 11 is 3.39. The highest BCUT2D eigenvalue weighted by Gasteiger charge is 2.12. The fourth-order valence-corrected chi connectivity index (χ4v) is 2.78. The summed E-state index contributed by atoms with van der Waals surface area (Å²) in [5, 5.41) is 5.52. The van der Waals surface area contributed by atoms with Crippen molar-refractivity contribution in [2.45, 2.75) is 13.0 Å². The Morgan fingerprint density at radius 3 is 2.90 bits per heavy atom. The minimum Gasteiger partial charge on any atom is -0.378 e. The van der Waals surface area contributed by atoms with Crippen LogP contribution in [0.15, 0.2) is 59.3 Å². The summed E-state index contributed by atoms with van der Waals surface area (Å²) in [6, 6.07) is 12.8. The molecule has 0 fully saturated rings. The molecule has 1 unspecified atom stereocenters. The molecule has 0 aliphatic rings. The van der Waals surface area contributed by atoms with Crippen molar-refractivity contribution in [1.29, 1.82) is 0 Å². The number of halogens is 2. The van der Waals surface area contributed by atoms with E-state index in [-0.39, 0.29) is 11.9 Å². The van der Waals surface area contributed by atoms with Crippen molar-refractivity contribution in [1.82, 2.24) is 4.98 Å². The molecule has 0 spiro atoms. The molecule has 1 aromatic heterocycles. The molecule has 3 aromatic rings. The van der Waals surface area contributed by atoms with Gasteiger partial charge in [-0.05, 0) is 37.3 Å². The number of rotatable bonds is 3. The molecule has 2 aromatic carbocycles. The van der Waals surface area contributed by atoms with Crippen molar-refractivity contribution < 1.29 is 4.39 Å². The first-order chi connectivity index (χ1) is 10.1. The topological polar surface area (TPSA) is 24.9 Å². The van der Waals surface area contributed by atoms with Gasteiger partial charge in [0.1, 0.15) is 5.82 Å². The highest BCUT2D eigenvalue weighted by molar-refractivity contribution is 9.10. The van der Waals surface area contributed by atoms with Crippen LogP contribution in [0.5, 0.6) is 0 Å². The maximum atomic E-state index is 14.0. The van der Waals surface area contributed by atoms with Crippen LogP contribution in [0.2, 0.25) is 0 Å². The molecule has 1 heterocycles. The molecule has 3 rings (SSSR count). The van der Waals surface area contributed by atoms with Gasteiger partial charge in [-0.1, -0.05) is 28.1 Å². The van der Waals surface area contributed by atoms with E-state index in [1.54, 1.807) is 18.3 Å². The lowest BCUT2D eigenvalue weighted by Crippen LogP contribution is -2.09. The van der Waals surface area contributed by atoms with E-state index in [4.69, 9.17) is 0 Å². The van der Waals surface area contributed by atoms with Crippen LogP contribution in [-0.4, -0.2) is 4.98 Å². The van der Waals surface area contributed by atoms with Crippen molar-refractivity contribution in [2.75, 3.05) is 5.32 Å². The molecule has 2 nitrogen and oxygen atoms in total. The second kappa shape index (κ2) is 5.82. The van der Waals surface area contributed by atoms with Crippen LogP contribution in [0.25, 0.3) is 10.8 Å². The second-order valence-electron chi connectivity index (χ2n) is 4.93. The summed E-state index contributed by atoms with van der Waals surface area (Å²) in [4.78, 5) is 4.12. The number of hydrogen-bond donors (Lipinski definition) is 1. The van der Waals surface area contributed by atoms with Crippen molar-refractivity contribution in [2.24, 2.45) is 0 Å². The van der Waals surface area contributed by atoms with Crippen LogP contribution >= 0.6 is 15.9 Å². The van der Waals surface area contributed by atoms with Crippen LogP contribution in [0.4, 0.5) is 10.1 Å². The summed E-state index contributed by atoms with van der Waals surface area (Å²) in [5.41, 5.74) is 1.61. The van der Waals surface area contributed by atoms with Gasteiger partial charge in [0.2, 0.25) is 0 Å². The maximum absolute atomic E-state index is 14.0. The smallest absolute Gasteiger partial charge is 0.128 e. The Labute approximate surface area is 131 Å². The zero-order valence-electron chi connectivity index (χ0n) is 11.5. The van der Waals surface area contributed by atoms with E-state index in [1.807, 2.05) is 37.4 Å². The monoisotopic (exact) mass is 344 g/mol. The average molecular weight is 345 g/mol. The maximum Gasteiger partial charge on any atom is 0.128 e. The number of anilines is 1. The largest absolute Gasteiger partial charge is 0.378 e. The van der Waals surface area contributed by atoms with E-state index in [9.17, 15) is 4.39 Å². The minimum absolute atomic E-state index is 0.138. The third kappa shape index (κ3) is 2.90. The van der Waals surface area contributed by atoms with Gasteiger partial charge in [-0.2, -0.15) is 0 Å². The molecule has 106 valence electrons. The van der Waals surface area contributed by atoms with Crippen molar-refractivity contribution >= 4 is 32.4 Å². The van der Waals surface area contributed by atoms with E-state index >= 15 is 0 Å². The van der Waals surface area contributed by atoms with Gasteiger partial charge in [0.05, 0.1) is 6.04 Å². The molecule has 0 saturated carbocycles. The standard InChI is InChI=1S/C17H14BrFN2/c1-11(15-9-13(18)5-6-16(15)19)21-17-4-2-3-12-10-20-8-7-14(12)17/h2-11,21H,1H3. The molecule has 0 radical (unpaired) electrons. The van der Waals surface area contributed by atoms with E-state index in [2.05, 4.69) is 26.2 Å². The lowest BCUT2D eigenvalue weighted by molar-refractivity contribution is 0.600. The highest BCUT2D eigenvalue weighted by atomic mass is 79.9. The Kier molecular flexibility index (Phi) is 3.88. The predicted octanol–water partition coefficient (Wildman–Crippen LogP) is 5.31. The zero-order valence-corrected chi connectivity index (χ0v) is 13.1. The SMILES string of the molecule is CC(Nc1cccc2cnccc12)c1cc(Br)ccc1F. The number of hydrogen-bond acceptors (Lipinski definition) is 2. The summed E-state index contributed by atoms with van der Waals surface area (Å²) < 4.78 is 14.8. The van der Waals surface area contributed by atoms with Gasteiger partial charge < -0.3 is 5.32 Å². The Morgan fingerprint density at radius 2 is 2.05 bits per heavy atom. The Morgan fingerprint density at radius 1 is 1.19 bits per heavy atom. The Balaban J connectivity index is 1.96. The van der Waals surface area contributed by atoms with Gasteiger partial charge in [0.25, 0.3) is 0 Å². The fourth-order valence-electron chi connectivity index (χ4n) is 2.41. The zero-order chi connectivity index (χ0) is 14.8. The van der Waals surface area contributed by atoms with E-state index in [0.717, 1.165) is 20.9 Å². The third-order valence-corrected chi connectivity index (χ3v) is 3.97. The molecule has 0 aliphatic carbocycles. The predicted molar refractivity (Wildman–Crippen MR) is 87.9 cm³/mol. The number of nitrogens with one attached hydrogen (secondary N) is 1. The first-order valence-corrected chi connectivity index (χ1v) is 7.48. The second-order valence-corrected chi connectivity index (χ2v) is 5.85. The molecular weight excluding hydrogens is 331 g/mol. The average Bonchev–Trinajstić information content (AvgIpc) is 2.50. The van der Waals surface area contributed by atoms with E-state index < -0.39 is 0 Å². The summed E-state index contributed by atoms with van der Waals surface area (Å²) in [5.74, 6) is -0.208. The van der Waals surface area contributed by atoms with Gasteiger partial charge >= 0.3 is 0 Å². The number of benzene rings is 2. The molecule has 0 bridgehead atoms. The van der Waals surface area contributed by atoms with Crippen LogP contribution < -0.4 is 5.32 Å². The van der Waals surface area contributed by atoms with E-state index in [1.165, 1.54) is 6.07 Å². The fraction of sp³-hybridized carbons (Fsp3) is 0.118. The van der Waals surface area contributed by atoms with Crippen LogP contribution in [0, 0.1) is 5.82 Å². The normalized spacial score (nSPS) is 12.3. The number of fused-ring (bicyclic) bond motifs is 1. The lowest BCUT2D eigenvalue weighted by Gasteiger charge is -2.18. The van der Waals surface area contributed by atoms with E-state index in [0.29, 0.717) is 5.56 Å². The summed E-state index contributed by atoms with van der Waals surface area (Å²) in [6.07, 6.45) is 3.59. The molecule has 1 N–H and O–H groups in total. The quantitative estimate of drug-likeness (QED) is 0.696. The van der Waals surface area contributed by atoms with Crippen LogP contribution in [0.3, 0.4) is 0 Å². The summed E-state index contributed by atoms with van der Waals surface area (Å²) in [7, 11) is 0. The molecule has 0 amide bonds. The first kappa shape index (κ1) is 14.0. The number of aromatic nitrogens is 1. The summed E-state index contributed by atoms with van der Waals surface area (Å²) in [6.45, 7) is 1.95. The highest BCUT2D eigenvalue weighted by Crippen LogP contribution is 2.28. The first-order valence-electron chi connectivity index (χ1n) is 6.69. The molecule has 0 saturated heterocycles. The minimum atomic E-state index is -0.208. The van der Waals surface area contributed by atoms with Gasteiger partial charge in [0, 0.05) is 38.9 Å². The van der Waals surface area contributed by atoms with Crippen LogP contribution in [-0.2, 0) is 0 Å². The van der Waals surface area contributed by atoms with Gasteiger partial charge in [-0.25, -0.2) is 4.39 Å². The molecular formula is C17H14BrFN2. The van der Waals surface area contributed by atoms with Crippen molar-refractivity contribution in [3.05, 3.63) is 70.7 Å². The molecule has 21 heavy (non-hydrogen) atoms. The molecule has 1 atom stereocenters. The van der Waals surface area contributed by atoms with Gasteiger partial charge in [-0.15, -0.1) is 0 Å². The third-order valence-electron chi connectivity index (χ3n) is 3.48. The van der Waals surface area contributed by atoms with Crippen molar-refractivity contribution in [3.63, 3.8) is 0 Å². The Hall–Kier alpha value is -1.94. The van der Waals surface area contributed by atoms with Crippen molar-refractivity contribution in [3.8, 4) is 0 Å². The molecule has 0 aliphatic heterocycles. The lowest BCUT2D eigenvalue weighted by atomic mass is 10.1.